The molecule has 4 nitrogen and oxygen atoms in total. The lowest BCUT2D eigenvalue weighted by molar-refractivity contribution is -0.0632. The van der Waals surface area contributed by atoms with Crippen LogP contribution in [0.2, 0.25) is 0 Å². The molecule has 1 saturated heterocycles. The fraction of sp³-hybridized carbons (Fsp3) is 1.00. The van der Waals surface area contributed by atoms with E-state index in [1.54, 1.807) is 0 Å². The summed E-state index contributed by atoms with van der Waals surface area (Å²) in [7, 11) is -2.84. The lowest BCUT2D eigenvalue weighted by Gasteiger charge is -2.42. The molecule has 0 radical (unpaired) electrons. The van der Waals surface area contributed by atoms with Gasteiger partial charge < -0.3 is 10.5 Å². The van der Waals surface area contributed by atoms with Gasteiger partial charge in [-0.15, -0.1) is 0 Å². The smallest absolute Gasteiger partial charge is 0.156 e. The first-order chi connectivity index (χ1) is 5.89. The second-order valence-electron chi connectivity index (χ2n) is 3.92. The Hall–Kier alpha value is -0.130. The molecule has 1 fully saturated rings. The molecule has 5 heteroatoms. The quantitative estimate of drug-likeness (QED) is 0.700. The van der Waals surface area contributed by atoms with Crippen molar-refractivity contribution in [1.82, 2.24) is 0 Å². The van der Waals surface area contributed by atoms with Gasteiger partial charge in [0.2, 0.25) is 0 Å². The topological polar surface area (TPSA) is 69.4 Å². The van der Waals surface area contributed by atoms with Gasteiger partial charge in [0, 0.05) is 0 Å². The average molecular weight is 207 g/mol. The van der Waals surface area contributed by atoms with Crippen LogP contribution >= 0.6 is 0 Å². The maximum Gasteiger partial charge on any atom is 0.156 e. The van der Waals surface area contributed by atoms with Crippen molar-refractivity contribution in [2.75, 3.05) is 18.1 Å². The first-order valence-corrected chi connectivity index (χ1v) is 6.30. The van der Waals surface area contributed by atoms with Gasteiger partial charge in [-0.1, -0.05) is 0 Å². The fourth-order valence-corrected chi connectivity index (χ4v) is 3.74. The molecule has 0 aromatic rings. The largest absolute Gasteiger partial charge is 0.370 e. The summed E-state index contributed by atoms with van der Waals surface area (Å²) < 4.78 is 27.7. The summed E-state index contributed by atoms with van der Waals surface area (Å²) in [5.41, 5.74) is 4.93. The van der Waals surface area contributed by atoms with Crippen molar-refractivity contribution in [2.45, 2.75) is 32.0 Å². The summed E-state index contributed by atoms with van der Waals surface area (Å²) in [6.07, 6.45) is 0.687. The minimum Gasteiger partial charge on any atom is -0.370 e. The third-order valence-electron chi connectivity index (χ3n) is 2.05. The summed E-state index contributed by atoms with van der Waals surface area (Å²) in [5.74, 6) is 0.269. The fourth-order valence-electron chi connectivity index (χ4n) is 1.79. The summed E-state index contributed by atoms with van der Waals surface area (Å²) in [6, 6.07) is 0. The zero-order valence-corrected chi connectivity index (χ0v) is 8.93. The Balaban J connectivity index is 2.59. The average Bonchev–Trinajstić information content (AvgIpc) is 1.80. The Morgan fingerprint density at radius 3 is 2.31 bits per heavy atom. The Morgan fingerprint density at radius 1 is 1.46 bits per heavy atom. The second-order valence-corrected chi connectivity index (χ2v) is 5.99. The van der Waals surface area contributed by atoms with Gasteiger partial charge in [0.05, 0.1) is 23.2 Å². The van der Waals surface area contributed by atoms with Crippen molar-refractivity contribution in [3.63, 3.8) is 0 Å². The first kappa shape index (κ1) is 10.9. The highest BCUT2D eigenvalue weighted by atomic mass is 32.2. The van der Waals surface area contributed by atoms with Crippen molar-refractivity contribution in [3.8, 4) is 0 Å². The van der Waals surface area contributed by atoms with Crippen LogP contribution in [0, 0.1) is 0 Å². The molecule has 78 valence electrons. The number of sulfone groups is 1. The highest BCUT2D eigenvalue weighted by Gasteiger charge is 2.49. The Kier molecular flexibility index (Phi) is 2.99. The van der Waals surface area contributed by atoms with E-state index in [1.165, 1.54) is 0 Å². The third-order valence-corrected chi connectivity index (χ3v) is 3.98. The van der Waals surface area contributed by atoms with E-state index in [4.69, 9.17) is 10.5 Å². The number of ether oxygens (including phenoxy) is 1. The zero-order chi connectivity index (χ0) is 10.1. The normalized spacial score (nSPS) is 24.3. The van der Waals surface area contributed by atoms with Gasteiger partial charge in [0.1, 0.15) is 0 Å². The monoisotopic (exact) mass is 207 g/mol. The van der Waals surface area contributed by atoms with E-state index >= 15 is 0 Å². The van der Waals surface area contributed by atoms with Crippen LogP contribution in [0.3, 0.4) is 0 Å². The molecule has 0 aliphatic carbocycles. The van der Waals surface area contributed by atoms with Gasteiger partial charge in [0.25, 0.3) is 0 Å². The molecule has 2 N–H and O–H groups in total. The molecule has 0 aromatic carbocycles. The molecule has 0 amide bonds. The molecule has 0 spiro atoms. The molecule has 1 aliphatic rings. The van der Waals surface area contributed by atoms with E-state index in [0.717, 1.165) is 0 Å². The molecule has 1 rings (SSSR count). The predicted octanol–water partition coefficient (Wildman–Crippen LogP) is -0.0726. The van der Waals surface area contributed by atoms with Crippen LogP contribution in [0.25, 0.3) is 0 Å². The van der Waals surface area contributed by atoms with Gasteiger partial charge >= 0.3 is 0 Å². The maximum absolute atomic E-state index is 11.0. The molecule has 1 heterocycles. The Morgan fingerprint density at radius 2 is 2.00 bits per heavy atom. The van der Waals surface area contributed by atoms with Crippen molar-refractivity contribution < 1.29 is 13.2 Å². The third kappa shape index (κ3) is 2.65. The Labute approximate surface area is 79.4 Å². The summed E-state index contributed by atoms with van der Waals surface area (Å²) >= 11 is 0. The number of rotatable bonds is 4. The van der Waals surface area contributed by atoms with Crippen molar-refractivity contribution in [1.29, 1.82) is 0 Å². The standard InChI is InChI=1S/C8H17NO3S/c1-7(2)12-8(3-4-9)5-13(10,11)6-8/h7H,3-6,9H2,1-2H3. The van der Waals surface area contributed by atoms with E-state index in [9.17, 15) is 8.42 Å². The van der Waals surface area contributed by atoms with Crippen LogP contribution in [0.1, 0.15) is 20.3 Å². The SMILES string of the molecule is CC(C)OC1(CCN)CS(=O)(=O)C1. The molecule has 0 unspecified atom stereocenters. The highest BCUT2D eigenvalue weighted by Crippen LogP contribution is 2.31. The molecule has 0 atom stereocenters. The van der Waals surface area contributed by atoms with Crippen LogP contribution in [-0.4, -0.2) is 38.2 Å². The van der Waals surface area contributed by atoms with Crippen molar-refractivity contribution in [2.24, 2.45) is 5.73 Å². The van der Waals surface area contributed by atoms with E-state index in [-0.39, 0.29) is 17.6 Å². The minimum atomic E-state index is -2.84. The lowest BCUT2D eigenvalue weighted by atomic mass is 10.0. The Bertz CT molecular complexity index is 259. The van der Waals surface area contributed by atoms with E-state index in [1.807, 2.05) is 13.8 Å². The molecule has 13 heavy (non-hydrogen) atoms. The zero-order valence-electron chi connectivity index (χ0n) is 8.12. The van der Waals surface area contributed by atoms with E-state index in [2.05, 4.69) is 0 Å². The van der Waals surface area contributed by atoms with Crippen LogP contribution in [0.4, 0.5) is 0 Å². The first-order valence-electron chi connectivity index (χ1n) is 4.47. The maximum atomic E-state index is 11.0. The van der Waals surface area contributed by atoms with Gasteiger partial charge in [-0.05, 0) is 26.8 Å². The minimum absolute atomic E-state index is 0.0575. The van der Waals surface area contributed by atoms with Crippen LogP contribution in [-0.2, 0) is 14.6 Å². The second kappa shape index (κ2) is 3.55. The molecule has 0 bridgehead atoms. The summed E-state index contributed by atoms with van der Waals surface area (Å²) in [6.45, 7) is 4.29. The summed E-state index contributed by atoms with van der Waals surface area (Å²) in [4.78, 5) is 0. The number of hydrogen-bond donors (Lipinski definition) is 1. The number of nitrogens with two attached hydrogens (primary N) is 1. The van der Waals surface area contributed by atoms with Gasteiger partial charge in [0.15, 0.2) is 9.84 Å². The number of hydrogen-bond acceptors (Lipinski definition) is 4. The van der Waals surface area contributed by atoms with Gasteiger partial charge in [-0.25, -0.2) is 8.42 Å². The molecular weight excluding hydrogens is 190 g/mol. The van der Waals surface area contributed by atoms with Crippen LogP contribution < -0.4 is 5.73 Å². The molecular formula is C8H17NO3S. The van der Waals surface area contributed by atoms with Crippen LogP contribution in [0.15, 0.2) is 0 Å². The highest BCUT2D eigenvalue weighted by molar-refractivity contribution is 7.93. The lowest BCUT2D eigenvalue weighted by Crippen LogP contribution is -2.58. The van der Waals surface area contributed by atoms with Gasteiger partial charge in [-0.3, -0.25) is 0 Å². The van der Waals surface area contributed by atoms with Crippen molar-refractivity contribution in [3.05, 3.63) is 0 Å². The van der Waals surface area contributed by atoms with Gasteiger partial charge in [-0.2, -0.15) is 0 Å². The van der Waals surface area contributed by atoms with Crippen molar-refractivity contribution >= 4 is 9.84 Å². The summed E-state index contributed by atoms with van der Waals surface area (Å²) in [5, 5.41) is 0. The molecule has 0 saturated carbocycles. The van der Waals surface area contributed by atoms with Crippen LogP contribution in [0.5, 0.6) is 0 Å². The van der Waals surface area contributed by atoms with E-state index < -0.39 is 15.4 Å². The predicted molar refractivity (Wildman–Crippen MR) is 51.3 cm³/mol. The molecule has 1 aliphatic heterocycles. The van der Waals surface area contributed by atoms with E-state index in [0.29, 0.717) is 13.0 Å². The molecule has 0 aromatic heterocycles.